The van der Waals surface area contributed by atoms with Crippen molar-refractivity contribution >= 4 is 28.4 Å². The molecule has 0 radical (unpaired) electrons. The van der Waals surface area contributed by atoms with E-state index in [1.165, 1.54) is 9.75 Å². The van der Waals surface area contributed by atoms with Crippen molar-refractivity contribution in [3.63, 3.8) is 0 Å². The largest absolute Gasteiger partial charge is 0.508 e. The molecule has 0 atom stereocenters. The lowest BCUT2D eigenvalue weighted by Crippen LogP contribution is -2.09. The van der Waals surface area contributed by atoms with Crippen LogP contribution in [-0.2, 0) is 0 Å². The van der Waals surface area contributed by atoms with Crippen molar-refractivity contribution in [3.8, 4) is 5.75 Å². The van der Waals surface area contributed by atoms with Crippen molar-refractivity contribution in [2.75, 3.05) is 5.32 Å². The lowest BCUT2D eigenvalue weighted by Gasteiger charge is -2.17. The molecule has 2 heterocycles. The van der Waals surface area contributed by atoms with Crippen LogP contribution in [0.15, 0.2) is 59.3 Å². The number of benzene rings is 1. The Hall–Kier alpha value is -1.78. The van der Waals surface area contributed by atoms with Crippen LogP contribution in [-0.4, -0.2) is 5.11 Å². The lowest BCUT2D eigenvalue weighted by molar-refractivity contribution is 0.475. The van der Waals surface area contributed by atoms with E-state index in [4.69, 9.17) is 0 Å². The van der Waals surface area contributed by atoms with Crippen LogP contribution in [0.3, 0.4) is 0 Å². The van der Waals surface area contributed by atoms with E-state index >= 15 is 0 Å². The van der Waals surface area contributed by atoms with Crippen LogP contribution in [0.2, 0.25) is 0 Å². The molecule has 2 aromatic heterocycles. The first-order valence-corrected chi connectivity index (χ1v) is 7.71. The first-order chi connectivity index (χ1) is 9.33. The van der Waals surface area contributed by atoms with Gasteiger partial charge < -0.3 is 10.4 Å². The molecule has 96 valence electrons. The molecular formula is C15H13NOS2. The second-order valence-corrected chi connectivity index (χ2v) is 6.11. The molecule has 0 aliphatic carbocycles. The predicted octanol–water partition coefficient (Wildman–Crippen LogP) is 4.72. The molecule has 0 saturated carbocycles. The highest BCUT2D eigenvalue weighted by Gasteiger charge is 2.15. The maximum Gasteiger partial charge on any atom is 0.115 e. The average molecular weight is 287 g/mol. The monoisotopic (exact) mass is 287 g/mol. The van der Waals surface area contributed by atoms with Crippen molar-refractivity contribution < 1.29 is 5.11 Å². The third-order valence-corrected chi connectivity index (χ3v) is 4.71. The molecule has 19 heavy (non-hydrogen) atoms. The second kappa shape index (κ2) is 5.47. The highest BCUT2D eigenvalue weighted by Crippen LogP contribution is 2.32. The Morgan fingerprint density at radius 2 is 1.42 bits per heavy atom. The van der Waals surface area contributed by atoms with E-state index in [0.717, 1.165) is 5.69 Å². The van der Waals surface area contributed by atoms with Crippen molar-refractivity contribution in [2.24, 2.45) is 0 Å². The number of aromatic hydroxyl groups is 1. The molecule has 0 unspecified atom stereocenters. The number of phenolic OH excluding ortho intramolecular Hbond substituents is 1. The maximum atomic E-state index is 9.34. The van der Waals surface area contributed by atoms with Crippen LogP contribution in [0, 0.1) is 0 Å². The smallest absolute Gasteiger partial charge is 0.115 e. The fourth-order valence-electron chi connectivity index (χ4n) is 1.92. The van der Waals surface area contributed by atoms with Gasteiger partial charge in [0, 0.05) is 15.4 Å². The standard InChI is InChI=1S/C15H13NOS2/c17-12-7-5-11(6-8-12)16-15(13-3-1-9-18-13)14-4-2-10-19-14/h1-10,15-17H. The maximum absolute atomic E-state index is 9.34. The van der Waals surface area contributed by atoms with E-state index in [1.807, 2.05) is 12.1 Å². The van der Waals surface area contributed by atoms with E-state index in [2.05, 4.69) is 40.3 Å². The van der Waals surface area contributed by atoms with Crippen LogP contribution in [0.1, 0.15) is 15.8 Å². The Morgan fingerprint density at radius 3 is 1.89 bits per heavy atom. The fraction of sp³-hybridized carbons (Fsp3) is 0.0667. The zero-order chi connectivity index (χ0) is 13.1. The van der Waals surface area contributed by atoms with Crippen molar-refractivity contribution in [3.05, 3.63) is 69.0 Å². The highest BCUT2D eigenvalue weighted by atomic mass is 32.1. The van der Waals surface area contributed by atoms with Gasteiger partial charge in [0.15, 0.2) is 0 Å². The van der Waals surface area contributed by atoms with Gasteiger partial charge in [-0.3, -0.25) is 0 Å². The molecule has 2 nitrogen and oxygen atoms in total. The SMILES string of the molecule is Oc1ccc(NC(c2cccs2)c2cccs2)cc1. The van der Waals surface area contributed by atoms with E-state index in [1.54, 1.807) is 34.8 Å². The Balaban J connectivity index is 1.90. The van der Waals surface area contributed by atoms with Crippen LogP contribution >= 0.6 is 22.7 Å². The van der Waals surface area contributed by atoms with Crippen molar-refractivity contribution in [1.29, 1.82) is 0 Å². The van der Waals surface area contributed by atoms with Gasteiger partial charge in [-0.1, -0.05) is 12.1 Å². The predicted molar refractivity (Wildman–Crippen MR) is 82.2 cm³/mol. The van der Waals surface area contributed by atoms with Gasteiger partial charge >= 0.3 is 0 Å². The van der Waals surface area contributed by atoms with Gasteiger partial charge in [-0.2, -0.15) is 0 Å². The summed E-state index contributed by atoms with van der Waals surface area (Å²) in [6.07, 6.45) is 0. The molecule has 0 bridgehead atoms. The van der Waals surface area contributed by atoms with E-state index < -0.39 is 0 Å². The van der Waals surface area contributed by atoms with Crippen LogP contribution < -0.4 is 5.32 Å². The Morgan fingerprint density at radius 1 is 0.842 bits per heavy atom. The molecule has 3 rings (SSSR count). The number of phenols is 1. The second-order valence-electron chi connectivity index (χ2n) is 4.16. The number of rotatable bonds is 4. The summed E-state index contributed by atoms with van der Waals surface area (Å²) in [5, 5.41) is 17.0. The third kappa shape index (κ3) is 2.80. The fourth-order valence-corrected chi connectivity index (χ4v) is 3.58. The summed E-state index contributed by atoms with van der Waals surface area (Å²) in [7, 11) is 0. The summed E-state index contributed by atoms with van der Waals surface area (Å²) in [6.45, 7) is 0. The number of anilines is 1. The van der Waals surface area contributed by atoms with Gasteiger partial charge in [0.2, 0.25) is 0 Å². The summed E-state index contributed by atoms with van der Waals surface area (Å²) in [4.78, 5) is 2.58. The van der Waals surface area contributed by atoms with Crippen molar-refractivity contribution in [1.82, 2.24) is 0 Å². The summed E-state index contributed by atoms with van der Waals surface area (Å²) in [6, 6.07) is 15.8. The van der Waals surface area contributed by atoms with Crippen molar-refractivity contribution in [2.45, 2.75) is 6.04 Å². The molecule has 0 fully saturated rings. The average Bonchev–Trinajstić information content (AvgIpc) is 3.11. The quantitative estimate of drug-likeness (QED) is 0.681. The summed E-state index contributed by atoms with van der Waals surface area (Å²) >= 11 is 3.49. The molecule has 0 amide bonds. The Labute approximate surface area is 120 Å². The van der Waals surface area contributed by atoms with Crippen LogP contribution in [0.5, 0.6) is 5.75 Å². The Kier molecular flexibility index (Phi) is 3.53. The molecule has 0 saturated heterocycles. The number of hydrogen-bond acceptors (Lipinski definition) is 4. The molecule has 0 aliphatic heterocycles. The Bertz CT molecular complexity index is 580. The van der Waals surface area contributed by atoms with Gasteiger partial charge in [0.25, 0.3) is 0 Å². The molecular weight excluding hydrogens is 274 g/mol. The zero-order valence-electron chi connectivity index (χ0n) is 10.1. The molecule has 4 heteroatoms. The zero-order valence-corrected chi connectivity index (χ0v) is 11.7. The molecule has 2 N–H and O–H groups in total. The van der Waals surface area contributed by atoms with E-state index in [9.17, 15) is 5.11 Å². The van der Waals surface area contributed by atoms with Gasteiger partial charge in [-0.15, -0.1) is 22.7 Å². The minimum Gasteiger partial charge on any atom is -0.508 e. The molecule has 1 aromatic carbocycles. The normalized spacial score (nSPS) is 10.8. The van der Waals surface area contributed by atoms with E-state index in [0.29, 0.717) is 0 Å². The summed E-state index contributed by atoms with van der Waals surface area (Å²) in [5.41, 5.74) is 1.00. The van der Waals surface area contributed by atoms with Gasteiger partial charge in [-0.05, 0) is 47.2 Å². The highest BCUT2D eigenvalue weighted by molar-refractivity contribution is 7.11. The minimum atomic E-state index is 0.171. The first-order valence-electron chi connectivity index (χ1n) is 5.95. The summed E-state index contributed by atoms with van der Waals surface area (Å²) in [5.74, 6) is 0.286. The minimum absolute atomic E-state index is 0.171. The van der Waals surface area contributed by atoms with Gasteiger partial charge in [-0.25, -0.2) is 0 Å². The molecule has 0 aliphatic rings. The summed E-state index contributed by atoms with van der Waals surface area (Å²) < 4.78 is 0. The number of thiophene rings is 2. The number of hydrogen-bond donors (Lipinski definition) is 2. The third-order valence-electron chi connectivity index (χ3n) is 2.83. The number of nitrogens with one attached hydrogen (secondary N) is 1. The van der Waals surface area contributed by atoms with Crippen LogP contribution in [0.4, 0.5) is 5.69 Å². The van der Waals surface area contributed by atoms with E-state index in [-0.39, 0.29) is 11.8 Å². The topological polar surface area (TPSA) is 32.3 Å². The van der Waals surface area contributed by atoms with Gasteiger partial charge in [0.1, 0.15) is 5.75 Å². The first kappa shape index (κ1) is 12.3. The lowest BCUT2D eigenvalue weighted by atomic mass is 10.2. The molecule has 3 aromatic rings. The van der Waals surface area contributed by atoms with Gasteiger partial charge in [0.05, 0.1) is 6.04 Å². The molecule has 0 spiro atoms. The van der Waals surface area contributed by atoms with Crippen LogP contribution in [0.25, 0.3) is 0 Å².